The van der Waals surface area contributed by atoms with Crippen molar-refractivity contribution in [2.75, 3.05) is 0 Å². The van der Waals surface area contributed by atoms with Crippen LogP contribution in [0, 0.1) is 16.2 Å². The Kier molecular flexibility index (Phi) is 13.2. The first-order chi connectivity index (χ1) is 20.0. The highest BCUT2D eigenvalue weighted by molar-refractivity contribution is 5.95. The fraction of sp³-hybridized carbons (Fsp3) is 0.475. The van der Waals surface area contributed by atoms with Crippen LogP contribution in [0.15, 0.2) is 119 Å². The number of allylic oxidation sites excluding steroid dienone is 19. The van der Waals surface area contributed by atoms with E-state index in [2.05, 4.69) is 97.9 Å². The number of carbonyl (C=O) groups excluding carboxylic acids is 1. The number of rotatable bonds is 11. The van der Waals surface area contributed by atoms with Crippen LogP contribution in [0.3, 0.4) is 0 Å². The number of aliphatic hydroxyl groups excluding tert-OH is 2. The Balaban J connectivity index is 1.89. The Hall–Kier alpha value is -3.01. The van der Waals surface area contributed by atoms with E-state index in [0.29, 0.717) is 12.8 Å². The van der Waals surface area contributed by atoms with E-state index in [1.54, 1.807) is 6.08 Å². The summed E-state index contributed by atoms with van der Waals surface area (Å²) in [5.74, 6) is 0.0853. The molecule has 0 amide bonds. The molecule has 0 aromatic heterocycles. The van der Waals surface area contributed by atoms with Crippen LogP contribution in [0.1, 0.15) is 94.9 Å². The first-order valence-electron chi connectivity index (χ1n) is 15.7. The first kappa shape index (κ1) is 36.2. The SMILES string of the molecule is CC1=C(/C=C/C(C)=C/C=C/C(C)=C/C=C/C=C(C)/C=C/C=C(C)/C=C/C(=O)[C@@]2(C)C[C@H](O)CC2(C)C)C(C)(C)C[C@H](O)C1. The highest BCUT2D eigenvalue weighted by atomic mass is 16.3. The zero-order chi connectivity index (χ0) is 32.4. The van der Waals surface area contributed by atoms with Crippen LogP contribution in [-0.4, -0.2) is 28.2 Å². The van der Waals surface area contributed by atoms with E-state index < -0.39 is 11.5 Å². The summed E-state index contributed by atoms with van der Waals surface area (Å²) >= 11 is 0. The molecule has 0 radical (unpaired) electrons. The molecule has 0 aliphatic heterocycles. The third kappa shape index (κ3) is 10.9. The highest BCUT2D eigenvalue weighted by Gasteiger charge is 2.52. The van der Waals surface area contributed by atoms with Crippen LogP contribution >= 0.6 is 0 Å². The third-order valence-electron chi connectivity index (χ3n) is 9.18. The molecular formula is C40H56O3. The predicted molar refractivity (Wildman–Crippen MR) is 185 cm³/mol. The van der Waals surface area contributed by atoms with Crippen molar-refractivity contribution in [1.29, 1.82) is 0 Å². The van der Waals surface area contributed by atoms with E-state index in [1.165, 1.54) is 16.7 Å². The van der Waals surface area contributed by atoms with Crippen molar-refractivity contribution in [2.24, 2.45) is 16.2 Å². The summed E-state index contributed by atoms with van der Waals surface area (Å²) in [7, 11) is 0. The van der Waals surface area contributed by atoms with Crippen molar-refractivity contribution in [3.63, 3.8) is 0 Å². The van der Waals surface area contributed by atoms with Gasteiger partial charge in [0.1, 0.15) is 0 Å². The minimum Gasteiger partial charge on any atom is -0.393 e. The smallest absolute Gasteiger partial charge is 0.162 e. The molecule has 1 saturated carbocycles. The second kappa shape index (κ2) is 15.6. The molecule has 0 unspecified atom stereocenters. The zero-order valence-corrected chi connectivity index (χ0v) is 28.4. The molecule has 43 heavy (non-hydrogen) atoms. The monoisotopic (exact) mass is 584 g/mol. The topological polar surface area (TPSA) is 57.5 Å². The number of hydrogen-bond donors (Lipinski definition) is 2. The van der Waals surface area contributed by atoms with Gasteiger partial charge in [0.15, 0.2) is 5.78 Å². The molecule has 3 heteroatoms. The molecule has 2 rings (SSSR count). The summed E-state index contributed by atoms with van der Waals surface area (Å²) in [6, 6.07) is 0. The van der Waals surface area contributed by atoms with Crippen LogP contribution in [0.25, 0.3) is 0 Å². The maximum Gasteiger partial charge on any atom is 0.162 e. The van der Waals surface area contributed by atoms with E-state index in [-0.39, 0.29) is 22.7 Å². The van der Waals surface area contributed by atoms with Crippen LogP contribution in [0.4, 0.5) is 0 Å². The van der Waals surface area contributed by atoms with Gasteiger partial charge in [-0.3, -0.25) is 4.79 Å². The minimum atomic E-state index is -0.532. The molecule has 0 bridgehead atoms. The summed E-state index contributed by atoms with van der Waals surface area (Å²) in [6.45, 7) is 20.9. The van der Waals surface area contributed by atoms with Gasteiger partial charge in [-0.1, -0.05) is 141 Å². The lowest BCUT2D eigenvalue weighted by atomic mass is 9.66. The van der Waals surface area contributed by atoms with Crippen LogP contribution in [0.2, 0.25) is 0 Å². The number of ketones is 1. The van der Waals surface area contributed by atoms with Crippen LogP contribution in [0.5, 0.6) is 0 Å². The summed E-state index contributed by atoms with van der Waals surface area (Å²) in [5, 5.41) is 20.2. The van der Waals surface area contributed by atoms with Gasteiger partial charge in [0.25, 0.3) is 0 Å². The van der Waals surface area contributed by atoms with Gasteiger partial charge in [0.05, 0.1) is 12.2 Å². The minimum absolute atomic E-state index is 0.00528. The quantitative estimate of drug-likeness (QED) is 0.188. The molecule has 3 atom stereocenters. The second-order valence-electron chi connectivity index (χ2n) is 14.2. The van der Waals surface area contributed by atoms with Crippen molar-refractivity contribution in [3.05, 3.63) is 119 Å². The number of aliphatic hydroxyl groups is 2. The van der Waals surface area contributed by atoms with Crippen molar-refractivity contribution in [2.45, 2.75) is 107 Å². The molecule has 0 spiro atoms. The van der Waals surface area contributed by atoms with Gasteiger partial charge in [0.2, 0.25) is 0 Å². The Bertz CT molecular complexity index is 1310. The molecule has 2 aliphatic carbocycles. The van der Waals surface area contributed by atoms with E-state index in [1.807, 2.05) is 50.3 Å². The van der Waals surface area contributed by atoms with Gasteiger partial charge in [-0.15, -0.1) is 0 Å². The van der Waals surface area contributed by atoms with Crippen LogP contribution < -0.4 is 0 Å². The summed E-state index contributed by atoms with van der Waals surface area (Å²) in [6.07, 6.45) is 30.6. The molecule has 3 nitrogen and oxygen atoms in total. The van der Waals surface area contributed by atoms with E-state index >= 15 is 0 Å². The Morgan fingerprint density at radius 3 is 1.63 bits per heavy atom. The molecule has 0 saturated heterocycles. The normalized spacial score (nSPS) is 27.7. The predicted octanol–water partition coefficient (Wildman–Crippen LogP) is 9.81. The fourth-order valence-corrected chi connectivity index (χ4v) is 6.19. The second-order valence-corrected chi connectivity index (χ2v) is 14.2. The lowest BCUT2D eigenvalue weighted by Crippen LogP contribution is -2.36. The van der Waals surface area contributed by atoms with Gasteiger partial charge in [-0.2, -0.15) is 0 Å². The zero-order valence-electron chi connectivity index (χ0n) is 28.4. The molecule has 1 fully saturated rings. The van der Waals surface area contributed by atoms with Crippen molar-refractivity contribution >= 4 is 5.78 Å². The van der Waals surface area contributed by atoms with E-state index in [9.17, 15) is 15.0 Å². The van der Waals surface area contributed by atoms with Crippen LogP contribution in [-0.2, 0) is 4.79 Å². The molecular weight excluding hydrogens is 528 g/mol. The summed E-state index contributed by atoms with van der Waals surface area (Å²) in [5.41, 5.74) is 6.34. The molecule has 2 aliphatic rings. The average molecular weight is 585 g/mol. The van der Waals surface area contributed by atoms with Gasteiger partial charge < -0.3 is 10.2 Å². The van der Waals surface area contributed by atoms with E-state index in [4.69, 9.17) is 0 Å². The summed E-state index contributed by atoms with van der Waals surface area (Å²) < 4.78 is 0. The molecule has 0 aromatic carbocycles. The first-order valence-corrected chi connectivity index (χ1v) is 15.7. The molecule has 0 aromatic rings. The van der Waals surface area contributed by atoms with Crippen molar-refractivity contribution < 1.29 is 15.0 Å². The average Bonchev–Trinajstić information content (AvgIpc) is 3.10. The summed E-state index contributed by atoms with van der Waals surface area (Å²) in [4.78, 5) is 12.9. The maximum absolute atomic E-state index is 12.9. The van der Waals surface area contributed by atoms with Gasteiger partial charge >= 0.3 is 0 Å². The van der Waals surface area contributed by atoms with Gasteiger partial charge in [-0.25, -0.2) is 0 Å². The van der Waals surface area contributed by atoms with Crippen molar-refractivity contribution in [3.8, 4) is 0 Å². The van der Waals surface area contributed by atoms with Gasteiger partial charge in [-0.05, 0) is 82.8 Å². The largest absolute Gasteiger partial charge is 0.393 e. The Labute approximate surface area is 262 Å². The lowest BCUT2D eigenvalue weighted by molar-refractivity contribution is -0.127. The molecule has 234 valence electrons. The fourth-order valence-electron chi connectivity index (χ4n) is 6.19. The Morgan fingerprint density at radius 2 is 1.14 bits per heavy atom. The molecule has 2 N–H and O–H groups in total. The van der Waals surface area contributed by atoms with Gasteiger partial charge in [0, 0.05) is 5.41 Å². The van der Waals surface area contributed by atoms with E-state index in [0.717, 1.165) is 29.6 Å². The maximum atomic E-state index is 12.9. The highest BCUT2D eigenvalue weighted by Crippen LogP contribution is 2.53. The molecule has 0 heterocycles. The lowest BCUT2D eigenvalue weighted by Gasteiger charge is -2.35. The standard InChI is InChI=1S/C40H56O3/c1-29(17-13-19-31(3)21-23-36-33(5)25-34(41)26-38(36,6)7)15-11-12-16-30(2)18-14-20-32(4)22-24-37(43)40(10)28-35(42)27-39(40,8)9/h11-24,34-35,41-42H,25-28H2,1-10H3/b12-11+,17-13+,18-14+,23-21+,24-22+,29-15+,30-16+,31-19+,32-20+/t34-,35-,40-/m1/s1. The number of carbonyl (C=O) groups is 1. The Morgan fingerprint density at radius 1 is 0.651 bits per heavy atom. The van der Waals surface area contributed by atoms with Crippen molar-refractivity contribution in [1.82, 2.24) is 0 Å². The third-order valence-corrected chi connectivity index (χ3v) is 9.18. The number of hydrogen-bond acceptors (Lipinski definition) is 3.